The van der Waals surface area contributed by atoms with Crippen LogP contribution < -0.4 is 5.32 Å². The van der Waals surface area contributed by atoms with Crippen LogP contribution in [0.5, 0.6) is 0 Å². The zero-order chi connectivity index (χ0) is 8.07. The van der Waals surface area contributed by atoms with E-state index >= 15 is 0 Å². The highest BCUT2D eigenvalue weighted by atomic mass is 16.5. The fourth-order valence-electron chi connectivity index (χ4n) is 2.51. The second-order valence-electron chi connectivity index (χ2n) is 4.84. The fourth-order valence-corrected chi connectivity index (χ4v) is 2.51. The summed E-state index contributed by atoms with van der Waals surface area (Å²) < 4.78 is 5.99. The summed E-state index contributed by atoms with van der Waals surface area (Å²) in [5.41, 5.74) is 0.696. The van der Waals surface area contributed by atoms with Crippen LogP contribution in [0.4, 0.5) is 0 Å². The first-order chi connectivity index (χ1) is 5.83. The predicted molar refractivity (Wildman–Crippen MR) is 46.8 cm³/mol. The van der Waals surface area contributed by atoms with Gasteiger partial charge < -0.3 is 4.74 Å². The third-order valence-corrected chi connectivity index (χ3v) is 3.81. The van der Waals surface area contributed by atoms with E-state index in [9.17, 15) is 0 Å². The molecule has 2 spiro atoms. The Morgan fingerprint density at radius 2 is 1.75 bits per heavy atom. The molecule has 3 aliphatic rings. The molecule has 2 nitrogen and oxygen atoms in total. The molecule has 2 aliphatic carbocycles. The summed E-state index contributed by atoms with van der Waals surface area (Å²) in [6.45, 7) is 2.24. The molecule has 0 radical (unpaired) electrons. The van der Waals surface area contributed by atoms with Crippen LogP contribution in [0.25, 0.3) is 0 Å². The molecule has 1 aliphatic heterocycles. The molecule has 1 heterocycles. The van der Waals surface area contributed by atoms with Crippen LogP contribution in [-0.4, -0.2) is 18.9 Å². The molecule has 0 aromatic carbocycles. The van der Waals surface area contributed by atoms with Crippen molar-refractivity contribution in [2.24, 2.45) is 5.41 Å². The average Bonchev–Trinajstić information content (AvgIpc) is 2.72. The van der Waals surface area contributed by atoms with Crippen molar-refractivity contribution in [1.82, 2.24) is 5.32 Å². The molecular formula is C10H17NO. The zero-order valence-corrected chi connectivity index (χ0v) is 7.57. The van der Waals surface area contributed by atoms with Gasteiger partial charge in [-0.15, -0.1) is 0 Å². The maximum Gasteiger partial charge on any atom is 0.119 e. The molecule has 2 saturated carbocycles. The van der Waals surface area contributed by atoms with Gasteiger partial charge in [0.1, 0.15) is 5.72 Å². The lowest BCUT2D eigenvalue weighted by molar-refractivity contribution is -0.117. The molecule has 3 rings (SSSR count). The topological polar surface area (TPSA) is 21.3 Å². The molecule has 68 valence electrons. The maximum atomic E-state index is 5.99. The maximum absolute atomic E-state index is 5.99. The molecule has 1 saturated heterocycles. The normalized spacial score (nSPS) is 36.0. The largest absolute Gasteiger partial charge is 0.360 e. The Labute approximate surface area is 73.7 Å². The fraction of sp³-hybridized carbons (Fsp3) is 1.00. The van der Waals surface area contributed by atoms with Gasteiger partial charge in [-0.25, -0.2) is 0 Å². The van der Waals surface area contributed by atoms with Gasteiger partial charge in [0.2, 0.25) is 0 Å². The third-order valence-electron chi connectivity index (χ3n) is 3.81. The first kappa shape index (κ1) is 7.34. The second-order valence-corrected chi connectivity index (χ2v) is 4.84. The van der Waals surface area contributed by atoms with Crippen LogP contribution in [0.3, 0.4) is 0 Å². The first-order valence-electron chi connectivity index (χ1n) is 5.22. The average molecular weight is 167 g/mol. The summed E-state index contributed by atoms with van der Waals surface area (Å²) in [4.78, 5) is 0. The van der Waals surface area contributed by atoms with E-state index in [1.54, 1.807) is 0 Å². The lowest BCUT2D eigenvalue weighted by Gasteiger charge is -2.39. The molecule has 2 heteroatoms. The van der Waals surface area contributed by atoms with Gasteiger partial charge >= 0.3 is 0 Å². The van der Waals surface area contributed by atoms with Crippen LogP contribution >= 0.6 is 0 Å². The van der Waals surface area contributed by atoms with E-state index in [1.807, 2.05) is 0 Å². The lowest BCUT2D eigenvalue weighted by Crippen LogP contribution is -2.53. The molecule has 12 heavy (non-hydrogen) atoms. The van der Waals surface area contributed by atoms with Crippen molar-refractivity contribution in [3.05, 3.63) is 0 Å². The molecular weight excluding hydrogens is 150 g/mol. The lowest BCUT2D eigenvalue weighted by atomic mass is 10.0. The molecule has 0 unspecified atom stereocenters. The summed E-state index contributed by atoms with van der Waals surface area (Å²) in [6.07, 6.45) is 7.94. The van der Waals surface area contributed by atoms with Gasteiger partial charge in [-0.1, -0.05) is 0 Å². The van der Waals surface area contributed by atoms with E-state index in [0.717, 1.165) is 6.61 Å². The molecule has 1 N–H and O–H groups in total. The molecule has 0 amide bonds. The Morgan fingerprint density at radius 1 is 1.00 bits per heavy atom. The minimum Gasteiger partial charge on any atom is -0.360 e. The van der Waals surface area contributed by atoms with Crippen molar-refractivity contribution in [3.8, 4) is 0 Å². The van der Waals surface area contributed by atoms with E-state index in [0.29, 0.717) is 5.41 Å². The molecule has 0 aromatic rings. The van der Waals surface area contributed by atoms with E-state index in [1.165, 1.54) is 45.1 Å². The van der Waals surface area contributed by atoms with Crippen LogP contribution in [0, 0.1) is 5.41 Å². The van der Waals surface area contributed by atoms with Crippen molar-refractivity contribution in [2.45, 2.75) is 44.2 Å². The van der Waals surface area contributed by atoms with Gasteiger partial charge in [0.25, 0.3) is 0 Å². The Morgan fingerprint density at radius 3 is 2.25 bits per heavy atom. The molecule has 0 aromatic heterocycles. The van der Waals surface area contributed by atoms with E-state index < -0.39 is 0 Å². The Kier molecular flexibility index (Phi) is 1.37. The monoisotopic (exact) mass is 167 g/mol. The van der Waals surface area contributed by atoms with Crippen LogP contribution in [0.2, 0.25) is 0 Å². The van der Waals surface area contributed by atoms with E-state index in [-0.39, 0.29) is 5.72 Å². The summed E-state index contributed by atoms with van der Waals surface area (Å²) in [6, 6.07) is 0. The van der Waals surface area contributed by atoms with Crippen LogP contribution in [-0.2, 0) is 4.74 Å². The quantitative estimate of drug-likeness (QED) is 0.592. The van der Waals surface area contributed by atoms with Gasteiger partial charge in [-0.05, 0) is 38.5 Å². The Bertz CT molecular complexity index is 180. The van der Waals surface area contributed by atoms with Crippen LogP contribution in [0.1, 0.15) is 38.5 Å². The summed E-state index contributed by atoms with van der Waals surface area (Å²) >= 11 is 0. The molecule has 3 fully saturated rings. The SMILES string of the molecule is C1CCC2(C1)NCC1(CC1)CO2. The van der Waals surface area contributed by atoms with Crippen molar-refractivity contribution in [3.63, 3.8) is 0 Å². The molecule has 0 bridgehead atoms. The third kappa shape index (κ3) is 1.01. The number of nitrogens with one attached hydrogen (secondary N) is 1. The highest BCUT2D eigenvalue weighted by Crippen LogP contribution is 2.49. The minimum atomic E-state index is 0.119. The standard InChI is InChI=1S/C10H17NO/c1-2-4-10(3-1)11-7-9(5-6-9)8-12-10/h11H,1-8H2. The van der Waals surface area contributed by atoms with E-state index in [2.05, 4.69) is 5.32 Å². The van der Waals surface area contributed by atoms with Crippen molar-refractivity contribution in [1.29, 1.82) is 0 Å². The van der Waals surface area contributed by atoms with Gasteiger partial charge in [0, 0.05) is 12.0 Å². The van der Waals surface area contributed by atoms with Gasteiger partial charge in [0.05, 0.1) is 6.61 Å². The van der Waals surface area contributed by atoms with Crippen LogP contribution in [0.15, 0.2) is 0 Å². The Hall–Kier alpha value is -0.0800. The van der Waals surface area contributed by atoms with Gasteiger partial charge in [0.15, 0.2) is 0 Å². The zero-order valence-electron chi connectivity index (χ0n) is 7.57. The highest BCUT2D eigenvalue weighted by Gasteiger charge is 2.50. The summed E-state index contributed by atoms with van der Waals surface area (Å²) in [5.74, 6) is 0. The number of ether oxygens (including phenoxy) is 1. The molecule has 0 atom stereocenters. The van der Waals surface area contributed by atoms with E-state index in [4.69, 9.17) is 4.74 Å². The smallest absolute Gasteiger partial charge is 0.119 e. The summed E-state index contributed by atoms with van der Waals surface area (Å²) in [5, 5.41) is 3.62. The van der Waals surface area contributed by atoms with Crippen molar-refractivity contribution in [2.75, 3.05) is 13.2 Å². The number of hydrogen-bond donors (Lipinski definition) is 1. The number of rotatable bonds is 0. The van der Waals surface area contributed by atoms with Crippen molar-refractivity contribution < 1.29 is 4.74 Å². The first-order valence-corrected chi connectivity index (χ1v) is 5.22. The minimum absolute atomic E-state index is 0.119. The van der Waals surface area contributed by atoms with Gasteiger partial charge in [-0.3, -0.25) is 5.32 Å². The summed E-state index contributed by atoms with van der Waals surface area (Å²) in [7, 11) is 0. The predicted octanol–water partition coefficient (Wildman–Crippen LogP) is 1.66. The van der Waals surface area contributed by atoms with Gasteiger partial charge in [-0.2, -0.15) is 0 Å². The highest BCUT2D eigenvalue weighted by molar-refractivity contribution is 5.01. The second kappa shape index (κ2) is 2.24. The Balaban J connectivity index is 1.69. The van der Waals surface area contributed by atoms with Crippen molar-refractivity contribution >= 4 is 0 Å². The number of hydrogen-bond acceptors (Lipinski definition) is 2.